The Morgan fingerprint density at radius 3 is 2.53 bits per heavy atom. The highest BCUT2D eigenvalue weighted by atomic mass is 35.5. The number of nitrogens with one attached hydrogen (secondary N) is 1. The zero-order chi connectivity index (χ0) is 13.7. The Bertz CT molecular complexity index is 603. The Kier molecular flexibility index (Phi) is 4.40. The summed E-state index contributed by atoms with van der Waals surface area (Å²) in [6, 6.07) is 14.8. The van der Waals surface area contributed by atoms with Gasteiger partial charge in [0.2, 0.25) is 0 Å². The Hall–Kier alpha value is -2.02. The van der Waals surface area contributed by atoms with E-state index in [0.717, 1.165) is 11.1 Å². The third-order valence-electron chi connectivity index (χ3n) is 2.80. The smallest absolute Gasteiger partial charge is 0.138 e. The largest absolute Gasteiger partial charge is 0.506 e. The van der Waals surface area contributed by atoms with E-state index in [0.29, 0.717) is 23.7 Å². The summed E-state index contributed by atoms with van der Waals surface area (Å²) in [5, 5.41) is 22.0. The van der Waals surface area contributed by atoms with Crippen molar-refractivity contribution in [2.75, 3.05) is 0 Å². The summed E-state index contributed by atoms with van der Waals surface area (Å²) in [4.78, 5) is 0. The zero-order valence-electron chi connectivity index (χ0n) is 10.2. The second-order valence-corrected chi connectivity index (χ2v) is 4.57. The maximum atomic E-state index is 9.76. The highest BCUT2D eigenvalue weighted by molar-refractivity contribution is 6.32. The number of para-hydroxylation sites is 1. The first kappa shape index (κ1) is 13.4. The number of nitrogens with zero attached hydrogens (tertiary/aromatic N) is 1. The molecule has 0 bridgehead atoms. The topological polar surface area (TPSA) is 56.0 Å². The Morgan fingerprint density at radius 2 is 1.84 bits per heavy atom. The zero-order valence-corrected chi connectivity index (χ0v) is 11.0. The van der Waals surface area contributed by atoms with Crippen LogP contribution in [0.15, 0.2) is 42.5 Å². The molecule has 2 N–H and O–H groups in total. The summed E-state index contributed by atoms with van der Waals surface area (Å²) >= 11 is 5.83. The van der Waals surface area contributed by atoms with Gasteiger partial charge in [0.25, 0.3) is 0 Å². The van der Waals surface area contributed by atoms with Crippen LogP contribution in [0.1, 0.15) is 16.7 Å². The number of phenolic OH excluding ortho intramolecular Hbond substituents is 1. The first-order valence-corrected chi connectivity index (χ1v) is 6.24. The minimum Gasteiger partial charge on any atom is -0.506 e. The van der Waals surface area contributed by atoms with Crippen LogP contribution in [0.4, 0.5) is 0 Å². The molecule has 2 aromatic rings. The third-order valence-corrected chi connectivity index (χ3v) is 3.10. The molecule has 0 spiro atoms. The van der Waals surface area contributed by atoms with Crippen LogP contribution in [0.3, 0.4) is 0 Å². The molecule has 0 atom stereocenters. The summed E-state index contributed by atoms with van der Waals surface area (Å²) in [5.41, 5.74) is 2.50. The molecule has 0 unspecified atom stereocenters. The lowest BCUT2D eigenvalue weighted by atomic mass is 10.1. The van der Waals surface area contributed by atoms with Crippen molar-refractivity contribution >= 4 is 11.6 Å². The summed E-state index contributed by atoms with van der Waals surface area (Å²) in [7, 11) is 0. The van der Waals surface area contributed by atoms with Crippen LogP contribution in [0.5, 0.6) is 5.75 Å². The molecule has 4 heteroatoms. The lowest BCUT2D eigenvalue weighted by Crippen LogP contribution is -2.12. The second kappa shape index (κ2) is 6.24. The Balaban J connectivity index is 1.93. The molecule has 0 saturated carbocycles. The molecular formula is C15H13ClN2O. The van der Waals surface area contributed by atoms with Crippen molar-refractivity contribution in [3.63, 3.8) is 0 Å². The van der Waals surface area contributed by atoms with Crippen molar-refractivity contribution < 1.29 is 5.11 Å². The minimum absolute atomic E-state index is 0.122. The molecule has 0 saturated heterocycles. The molecule has 0 fully saturated rings. The van der Waals surface area contributed by atoms with Crippen LogP contribution in [0, 0.1) is 11.3 Å². The van der Waals surface area contributed by atoms with Crippen LogP contribution in [0.2, 0.25) is 5.02 Å². The van der Waals surface area contributed by atoms with Crippen LogP contribution >= 0.6 is 11.6 Å². The molecule has 0 heterocycles. The van der Waals surface area contributed by atoms with Crippen molar-refractivity contribution in [2.24, 2.45) is 0 Å². The molecule has 0 aliphatic heterocycles. The molecule has 0 aliphatic rings. The average molecular weight is 273 g/mol. The van der Waals surface area contributed by atoms with Crippen molar-refractivity contribution in [1.82, 2.24) is 5.32 Å². The van der Waals surface area contributed by atoms with Gasteiger partial charge in [0, 0.05) is 18.7 Å². The van der Waals surface area contributed by atoms with Gasteiger partial charge in [0.05, 0.1) is 16.7 Å². The molecule has 2 aromatic carbocycles. The highest BCUT2D eigenvalue weighted by Crippen LogP contribution is 2.26. The quantitative estimate of drug-likeness (QED) is 0.899. The van der Waals surface area contributed by atoms with Crippen molar-refractivity contribution in [3.8, 4) is 11.8 Å². The SMILES string of the molecule is N#Cc1ccc(CNCc2cccc(Cl)c2O)cc1. The van der Waals surface area contributed by atoms with Gasteiger partial charge < -0.3 is 10.4 Å². The van der Waals surface area contributed by atoms with Gasteiger partial charge in [-0.25, -0.2) is 0 Å². The maximum absolute atomic E-state index is 9.76. The van der Waals surface area contributed by atoms with Crippen LogP contribution in [0.25, 0.3) is 0 Å². The molecule has 0 aromatic heterocycles. The van der Waals surface area contributed by atoms with E-state index in [1.165, 1.54) is 0 Å². The van der Waals surface area contributed by atoms with E-state index in [-0.39, 0.29) is 5.75 Å². The predicted octanol–water partition coefficient (Wildman–Crippen LogP) is 3.21. The number of nitriles is 1. The lowest BCUT2D eigenvalue weighted by molar-refractivity contribution is 0.464. The van der Waals surface area contributed by atoms with E-state index in [4.69, 9.17) is 16.9 Å². The van der Waals surface area contributed by atoms with Gasteiger partial charge in [-0.2, -0.15) is 5.26 Å². The molecule has 0 radical (unpaired) electrons. The second-order valence-electron chi connectivity index (χ2n) is 4.16. The predicted molar refractivity (Wildman–Crippen MR) is 74.8 cm³/mol. The number of hydrogen-bond donors (Lipinski definition) is 2. The highest BCUT2D eigenvalue weighted by Gasteiger charge is 2.04. The fourth-order valence-electron chi connectivity index (χ4n) is 1.74. The molecule has 0 aliphatic carbocycles. The first-order valence-electron chi connectivity index (χ1n) is 5.87. The van der Waals surface area contributed by atoms with E-state index < -0.39 is 0 Å². The third kappa shape index (κ3) is 3.47. The Labute approximate surface area is 117 Å². The van der Waals surface area contributed by atoms with Crippen LogP contribution < -0.4 is 5.32 Å². The molecule has 0 amide bonds. The van der Waals surface area contributed by atoms with Gasteiger partial charge in [-0.1, -0.05) is 35.9 Å². The molecule has 2 rings (SSSR count). The van der Waals surface area contributed by atoms with Crippen molar-refractivity contribution in [3.05, 3.63) is 64.2 Å². The number of rotatable bonds is 4. The normalized spacial score (nSPS) is 10.1. The van der Waals surface area contributed by atoms with E-state index in [1.54, 1.807) is 24.3 Å². The minimum atomic E-state index is 0.122. The number of phenols is 1. The van der Waals surface area contributed by atoms with Gasteiger partial charge in [-0.05, 0) is 23.8 Å². The molecule has 19 heavy (non-hydrogen) atoms. The van der Waals surface area contributed by atoms with Gasteiger partial charge in [0.15, 0.2) is 0 Å². The molecule has 96 valence electrons. The number of halogens is 1. The lowest BCUT2D eigenvalue weighted by Gasteiger charge is -2.08. The first-order chi connectivity index (χ1) is 9.20. The number of aromatic hydroxyl groups is 1. The summed E-state index contributed by atoms with van der Waals surface area (Å²) < 4.78 is 0. The van der Waals surface area contributed by atoms with Gasteiger partial charge in [-0.3, -0.25) is 0 Å². The van der Waals surface area contributed by atoms with Crippen LogP contribution in [-0.2, 0) is 13.1 Å². The van der Waals surface area contributed by atoms with Gasteiger partial charge in [-0.15, -0.1) is 0 Å². The summed E-state index contributed by atoms with van der Waals surface area (Å²) in [5.74, 6) is 0.122. The standard InChI is InChI=1S/C15H13ClN2O/c16-14-3-1-2-13(15(14)19)10-18-9-12-6-4-11(8-17)5-7-12/h1-7,18-19H,9-10H2. The van der Waals surface area contributed by atoms with E-state index in [9.17, 15) is 5.11 Å². The maximum Gasteiger partial charge on any atom is 0.138 e. The van der Waals surface area contributed by atoms with Crippen LogP contribution in [-0.4, -0.2) is 5.11 Å². The number of hydrogen-bond acceptors (Lipinski definition) is 3. The van der Waals surface area contributed by atoms with E-state index in [2.05, 4.69) is 11.4 Å². The van der Waals surface area contributed by atoms with Gasteiger partial charge >= 0.3 is 0 Å². The van der Waals surface area contributed by atoms with Gasteiger partial charge in [0.1, 0.15) is 5.75 Å². The number of benzene rings is 2. The fourth-order valence-corrected chi connectivity index (χ4v) is 1.94. The fraction of sp³-hybridized carbons (Fsp3) is 0.133. The monoisotopic (exact) mass is 272 g/mol. The summed E-state index contributed by atoms with van der Waals surface area (Å²) in [6.07, 6.45) is 0. The van der Waals surface area contributed by atoms with E-state index >= 15 is 0 Å². The van der Waals surface area contributed by atoms with Crippen molar-refractivity contribution in [2.45, 2.75) is 13.1 Å². The van der Waals surface area contributed by atoms with E-state index in [1.807, 2.05) is 18.2 Å². The summed E-state index contributed by atoms with van der Waals surface area (Å²) in [6.45, 7) is 1.20. The molecular weight excluding hydrogens is 260 g/mol. The van der Waals surface area contributed by atoms with Crippen molar-refractivity contribution in [1.29, 1.82) is 5.26 Å². The molecule has 3 nitrogen and oxygen atoms in total. The average Bonchev–Trinajstić information content (AvgIpc) is 2.44. The Morgan fingerprint density at radius 1 is 1.11 bits per heavy atom.